The van der Waals surface area contributed by atoms with Gasteiger partial charge in [-0.05, 0) is 37.6 Å². The van der Waals surface area contributed by atoms with Gasteiger partial charge in [0.2, 0.25) is 10.0 Å². The molecule has 0 saturated heterocycles. The lowest BCUT2D eigenvalue weighted by Crippen LogP contribution is -2.31. The third kappa shape index (κ3) is 6.14. The van der Waals surface area contributed by atoms with E-state index in [0.717, 1.165) is 12.8 Å². The number of nitrogens with zero attached hydrogens (tertiary/aromatic N) is 1. The summed E-state index contributed by atoms with van der Waals surface area (Å²) in [4.78, 5) is 12.4. The van der Waals surface area contributed by atoms with Gasteiger partial charge in [0, 0.05) is 19.6 Å². The van der Waals surface area contributed by atoms with E-state index in [4.69, 9.17) is 10.5 Å². The highest BCUT2D eigenvalue weighted by molar-refractivity contribution is 7.89. The highest BCUT2D eigenvalue weighted by atomic mass is 35.5. The van der Waals surface area contributed by atoms with Gasteiger partial charge in [-0.1, -0.05) is 13.8 Å². The average molecular weight is 394 g/mol. The molecule has 1 aromatic rings. The van der Waals surface area contributed by atoms with E-state index in [1.807, 2.05) is 0 Å². The van der Waals surface area contributed by atoms with Crippen LogP contribution in [0.25, 0.3) is 0 Å². The first-order chi connectivity index (χ1) is 11.4. The van der Waals surface area contributed by atoms with Gasteiger partial charge in [-0.25, -0.2) is 8.42 Å². The van der Waals surface area contributed by atoms with Gasteiger partial charge in [-0.3, -0.25) is 4.79 Å². The van der Waals surface area contributed by atoms with Crippen molar-refractivity contribution in [2.45, 2.75) is 31.6 Å². The van der Waals surface area contributed by atoms with Crippen molar-refractivity contribution in [2.24, 2.45) is 5.73 Å². The Bertz CT molecular complexity index is 649. The molecule has 0 unspecified atom stereocenters. The molecule has 0 bridgehead atoms. The van der Waals surface area contributed by atoms with Crippen LogP contribution < -0.4 is 15.8 Å². The van der Waals surface area contributed by atoms with Crippen LogP contribution in [0.1, 0.15) is 37.0 Å². The van der Waals surface area contributed by atoms with Crippen LogP contribution in [0, 0.1) is 0 Å². The molecular weight excluding hydrogens is 366 g/mol. The van der Waals surface area contributed by atoms with Crippen molar-refractivity contribution >= 4 is 28.3 Å². The molecule has 0 atom stereocenters. The van der Waals surface area contributed by atoms with Crippen LogP contribution in [-0.2, 0) is 10.0 Å². The summed E-state index contributed by atoms with van der Waals surface area (Å²) in [5.41, 5.74) is 5.63. The molecule has 0 saturated carbocycles. The Labute approximate surface area is 156 Å². The SMILES string of the molecule is CCN(CC)S(=O)(=O)c1ccc(OC)c(C(=O)NCCCCN)c1.Cl. The van der Waals surface area contributed by atoms with E-state index in [0.29, 0.717) is 31.9 Å². The molecule has 0 aromatic heterocycles. The number of rotatable bonds is 10. The molecule has 7 nitrogen and oxygen atoms in total. The maximum absolute atomic E-state index is 12.6. The van der Waals surface area contributed by atoms with Crippen molar-refractivity contribution in [3.63, 3.8) is 0 Å². The zero-order chi connectivity index (χ0) is 18.2. The van der Waals surface area contributed by atoms with Gasteiger partial charge in [0.25, 0.3) is 5.91 Å². The number of carbonyl (C=O) groups is 1. The van der Waals surface area contributed by atoms with Crippen LogP contribution in [0.5, 0.6) is 5.75 Å². The lowest BCUT2D eigenvalue weighted by Gasteiger charge is -2.19. The number of hydrogen-bond donors (Lipinski definition) is 2. The third-order valence-electron chi connectivity index (χ3n) is 3.68. The molecule has 1 aromatic carbocycles. The van der Waals surface area contributed by atoms with E-state index in [1.165, 1.54) is 29.6 Å². The van der Waals surface area contributed by atoms with Crippen molar-refractivity contribution < 1.29 is 17.9 Å². The summed E-state index contributed by atoms with van der Waals surface area (Å²) in [6, 6.07) is 4.33. The highest BCUT2D eigenvalue weighted by Gasteiger charge is 2.24. The normalized spacial score (nSPS) is 11.1. The number of nitrogens with two attached hydrogens (primary N) is 1. The molecule has 1 amide bonds. The van der Waals surface area contributed by atoms with E-state index in [1.54, 1.807) is 13.8 Å². The molecule has 0 aliphatic rings. The lowest BCUT2D eigenvalue weighted by atomic mass is 10.2. The Kier molecular flexibility index (Phi) is 10.7. The predicted molar refractivity (Wildman–Crippen MR) is 101 cm³/mol. The monoisotopic (exact) mass is 393 g/mol. The molecule has 144 valence electrons. The van der Waals surface area contributed by atoms with E-state index in [2.05, 4.69) is 5.32 Å². The minimum atomic E-state index is -3.63. The molecule has 0 heterocycles. The molecule has 1 rings (SSSR count). The number of ether oxygens (including phenoxy) is 1. The van der Waals surface area contributed by atoms with Crippen molar-refractivity contribution in [3.8, 4) is 5.75 Å². The number of sulfonamides is 1. The summed E-state index contributed by atoms with van der Waals surface area (Å²) < 4.78 is 31.7. The van der Waals surface area contributed by atoms with Crippen LogP contribution in [0.2, 0.25) is 0 Å². The average Bonchev–Trinajstić information content (AvgIpc) is 2.58. The number of halogens is 1. The lowest BCUT2D eigenvalue weighted by molar-refractivity contribution is 0.0950. The maximum atomic E-state index is 12.6. The second-order valence-corrected chi connectivity index (χ2v) is 7.14. The second kappa shape index (κ2) is 11.3. The van der Waals surface area contributed by atoms with Crippen LogP contribution >= 0.6 is 12.4 Å². The van der Waals surface area contributed by atoms with Crippen molar-refractivity contribution in [2.75, 3.05) is 33.3 Å². The minimum absolute atomic E-state index is 0. The van der Waals surface area contributed by atoms with Crippen LogP contribution in [0.15, 0.2) is 23.1 Å². The van der Waals surface area contributed by atoms with Crippen molar-refractivity contribution in [3.05, 3.63) is 23.8 Å². The summed E-state index contributed by atoms with van der Waals surface area (Å²) in [6.45, 7) is 5.32. The van der Waals surface area contributed by atoms with Crippen LogP contribution in [0.4, 0.5) is 0 Å². The van der Waals surface area contributed by atoms with Gasteiger partial charge >= 0.3 is 0 Å². The number of benzene rings is 1. The van der Waals surface area contributed by atoms with E-state index < -0.39 is 10.0 Å². The van der Waals surface area contributed by atoms with Crippen LogP contribution in [0.3, 0.4) is 0 Å². The Hall–Kier alpha value is -1.35. The summed E-state index contributed by atoms with van der Waals surface area (Å²) in [5, 5.41) is 2.76. The number of methoxy groups -OCH3 is 1. The standard InChI is InChI=1S/C16H27N3O4S.ClH/c1-4-19(5-2)24(21,22)13-8-9-15(23-3)14(12-13)16(20)18-11-7-6-10-17;/h8-9,12H,4-7,10-11,17H2,1-3H3,(H,18,20);1H. The molecular formula is C16H28ClN3O4S. The van der Waals surface area contributed by atoms with Crippen molar-refractivity contribution in [1.82, 2.24) is 9.62 Å². The summed E-state index contributed by atoms with van der Waals surface area (Å²) in [7, 11) is -2.19. The fraction of sp³-hybridized carbons (Fsp3) is 0.562. The molecule has 0 radical (unpaired) electrons. The first kappa shape index (κ1) is 23.6. The van der Waals surface area contributed by atoms with Gasteiger partial charge in [-0.2, -0.15) is 4.31 Å². The molecule has 0 aliphatic carbocycles. The van der Waals surface area contributed by atoms with E-state index >= 15 is 0 Å². The number of nitrogens with one attached hydrogen (secondary N) is 1. The third-order valence-corrected chi connectivity index (χ3v) is 5.72. The Morgan fingerprint density at radius 3 is 2.40 bits per heavy atom. The Morgan fingerprint density at radius 1 is 1.24 bits per heavy atom. The Morgan fingerprint density at radius 2 is 1.88 bits per heavy atom. The topological polar surface area (TPSA) is 102 Å². The molecule has 0 spiro atoms. The summed E-state index contributed by atoms with van der Waals surface area (Å²) in [5.74, 6) is -0.0229. The fourth-order valence-electron chi connectivity index (χ4n) is 2.30. The first-order valence-electron chi connectivity index (χ1n) is 8.08. The Balaban J connectivity index is 0.00000576. The smallest absolute Gasteiger partial charge is 0.255 e. The van der Waals surface area contributed by atoms with Gasteiger partial charge in [0.1, 0.15) is 5.75 Å². The highest BCUT2D eigenvalue weighted by Crippen LogP contribution is 2.24. The van der Waals surface area contributed by atoms with Crippen LogP contribution in [-0.4, -0.2) is 51.9 Å². The fourth-order valence-corrected chi connectivity index (χ4v) is 3.79. The largest absolute Gasteiger partial charge is 0.496 e. The second-order valence-electron chi connectivity index (χ2n) is 5.20. The number of amides is 1. The number of carbonyl (C=O) groups excluding carboxylic acids is 1. The summed E-state index contributed by atoms with van der Waals surface area (Å²) in [6.07, 6.45) is 1.58. The van der Waals surface area contributed by atoms with Gasteiger partial charge in [0.15, 0.2) is 0 Å². The maximum Gasteiger partial charge on any atom is 0.255 e. The quantitative estimate of drug-likeness (QED) is 0.588. The van der Waals surface area contributed by atoms with Gasteiger partial charge in [-0.15, -0.1) is 12.4 Å². The van der Waals surface area contributed by atoms with Gasteiger partial charge < -0.3 is 15.8 Å². The molecule has 9 heteroatoms. The predicted octanol–water partition coefficient (Wildman–Crippen LogP) is 1.62. The molecule has 25 heavy (non-hydrogen) atoms. The van der Waals surface area contributed by atoms with E-state index in [9.17, 15) is 13.2 Å². The zero-order valence-corrected chi connectivity index (χ0v) is 16.6. The van der Waals surface area contributed by atoms with E-state index in [-0.39, 0.29) is 28.8 Å². The van der Waals surface area contributed by atoms with Crippen molar-refractivity contribution in [1.29, 1.82) is 0 Å². The molecule has 3 N–H and O–H groups in total. The number of hydrogen-bond acceptors (Lipinski definition) is 5. The minimum Gasteiger partial charge on any atom is -0.496 e. The molecule has 0 fully saturated rings. The number of unbranched alkanes of at least 4 members (excludes halogenated alkanes) is 1. The first-order valence-corrected chi connectivity index (χ1v) is 9.52. The summed E-state index contributed by atoms with van der Waals surface area (Å²) >= 11 is 0. The zero-order valence-electron chi connectivity index (χ0n) is 14.9. The van der Waals surface area contributed by atoms with Gasteiger partial charge in [0.05, 0.1) is 17.6 Å². The molecule has 0 aliphatic heterocycles.